The minimum atomic E-state index is -0.438. The number of carbonyl (C=O) groups excluding carboxylic acids is 2. The molecular formula is C16H21NO3S. The molecule has 1 unspecified atom stereocenters. The van der Waals surface area contributed by atoms with Crippen molar-refractivity contribution in [2.45, 2.75) is 37.1 Å². The molecule has 1 saturated heterocycles. The Hall–Kier alpha value is -1.49. The van der Waals surface area contributed by atoms with E-state index in [0.717, 1.165) is 17.7 Å². The molecule has 2 rings (SSSR count). The van der Waals surface area contributed by atoms with Gasteiger partial charge in [0, 0.05) is 17.0 Å². The minimum Gasteiger partial charge on any atom is -0.464 e. The Labute approximate surface area is 129 Å². The molecule has 1 atom stereocenters. The highest BCUT2D eigenvalue weighted by Gasteiger charge is 2.33. The smallest absolute Gasteiger partial charge is 0.328 e. The average molecular weight is 307 g/mol. The van der Waals surface area contributed by atoms with Crippen LogP contribution in [-0.4, -0.2) is 42.2 Å². The maximum absolute atomic E-state index is 12.6. The highest BCUT2D eigenvalue weighted by Crippen LogP contribution is 2.22. The summed E-state index contributed by atoms with van der Waals surface area (Å²) >= 11 is 1.64. The van der Waals surface area contributed by atoms with Crippen molar-refractivity contribution in [2.24, 2.45) is 0 Å². The van der Waals surface area contributed by atoms with Gasteiger partial charge in [0.25, 0.3) is 5.91 Å². The third-order valence-electron chi connectivity index (χ3n) is 3.66. The van der Waals surface area contributed by atoms with E-state index in [1.54, 1.807) is 23.6 Å². The van der Waals surface area contributed by atoms with Crippen LogP contribution in [0.4, 0.5) is 0 Å². The van der Waals surface area contributed by atoms with E-state index in [2.05, 4.69) is 0 Å². The Bertz CT molecular complexity index is 501. The lowest BCUT2D eigenvalue weighted by atomic mass is 10.0. The zero-order valence-electron chi connectivity index (χ0n) is 12.5. The minimum absolute atomic E-state index is 0.0830. The van der Waals surface area contributed by atoms with Gasteiger partial charge in [-0.3, -0.25) is 4.79 Å². The van der Waals surface area contributed by atoms with Crippen LogP contribution < -0.4 is 0 Å². The number of ether oxygens (including phenoxy) is 1. The molecule has 0 saturated carbocycles. The van der Waals surface area contributed by atoms with Crippen molar-refractivity contribution in [3.8, 4) is 0 Å². The predicted octanol–water partition coefficient (Wildman–Crippen LogP) is 2.97. The van der Waals surface area contributed by atoms with Crippen LogP contribution in [0.5, 0.6) is 0 Å². The lowest BCUT2D eigenvalue weighted by Gasteiger charge is -2.34. The molecule has 0 aliphatic carbocycles. The SMILES string of the molecule is CCOC(=O)C1CCCCN1C(=O)c1ccc(SC)cc1. The number of amides is 1. The summed E-state index contributed by atoms with van der Waals surface area (Å²) in [6.07, 6.45) is 4.58. The Balaban J connectivity index is 2.15. The molecule has 5 heteroatoms. The number of thioether (sulfide) groups is 1. The van der Waals surface area contributed by atoms with Crippen LogP contribution in [0.3, 0.4) is 0 Å². The van der Waals surface area contributed by atoms with Crippen LogP contribution in [-0.2, 0) is 9.53 Å². The maximum Gasteiger partial charge on any atom is 0.328 e. The van der Waals surface area contributed by atoms with Crippen LogP contribution in [0.15, 0.2) is 29.2 Å². The van der Waals surface area contributed by atoms with Crippen LogP contribution in [0.25, 0.3) is 0 Å². The molecule has 1 aromatic rings. The second-order valence-electron chi connectivity index (χ2n) is 4.99. The average Bonchev–Trinajstić information content (AvgIpc) is 2.54. The Morgan fingerprint density at radius 3 is 2.62 bits per heavy atom. The van der Waals surface area contributed by atoms with Crippen molar-refractivity contribution in [3.63, 3.8) is 0 Å². The fourth-order valence-electron chi connectivity index (χ4n) is 2.56. The molecule has 1 fully saturated rings. The molecular weight excluding hydrogens is 286 g/mol. The van der Waals surface area contributed by atoms with Crippen molar-refractivity contribution < 1.29 is 14.3 Å². The molecule has 0 spiro atoms. The lowest BCUT2D eigenvalue weighted by Crippen LogP contribution is -2.48. The summed E-state index contributed by atoms with van der Waals surface area (Å²) in [7, 11) is 0. The molecule has 4 nitrogen and oxygen atoms in total. The van der Waals surface area contributed by atoms with Gasteiger partial charge in [-0.15, -0.1) is 11.8 Å². The van der Waals surface area contributed by atoms with Crippen LogP contribution >= 0.6 is 11.8 Å². The molecule has 21 heavy (non-hydrogen) atoms. The van der Waals surface area contributed by atoms with E-state index in [-0.39, 0.29) is 11.9 Å². The molecule has 1 aromatic carbocycles. The molecule has 114 valence electrons. The van der Waals surface area contributed by atoms with Crippen molar-refractivity contribution >= 4 is 23.6 Å². The quantitative estimate of drug-likeness (QED) is 0.634. The van der Waals surface area contributed by atoms with E-state index in [1.807, 2.05) is 30.5 Å². The standard InChI is InChI=1S/C16H21NO3S/c1-3-20-16(19)14-6-4-5-11-17(14)15(18)12-7-9-13(21-2)10-8-12/h7-10,14H,3-6,11H2,1-2H3. The van der Waals surface area contributed by atoms with Crippen LogP contribution in [0.1, 0.15) is 36.5 Å². The summed E-state index contributed by atoms with van der Waals surface area (Å²) in [5, 5.41) is 0. The van der Waals surface area contributed by atoms with Gasteiger partial charge >= 0.3 is 5.97 Å². The Morgan fingerprint density at radius 2 is 2.00 bits per heavy atom. The molecule has 0 N–H and O–H groups in total. The number of esters is 1. The monoisotopic (exact) mass is 307 g/mol. The van der Waals surface area contributed by atoms with Gasteiger partial charge < -0.3 is 9.64 Å². The summed E-state index contributed by atoms with van der Waals surface area (Å²) in [5.41, 5.74) is 0.629. The number of hydrogen-bond donors (Lipinski definition) is 0. The van der Waals surface area contributed by atoms with Gasteiger partial charge in [-0.2, -0.15) is 0 Å². The van der Waals surface area contributed by atoms with E-state index in [1.165, 1.54) is 0 Å². The highest BCUT2D eigenvalue weighted by atomic mass is 32.2. The van der Waals surface area contributed by atoms with Gasteiger partial charge in [-0.25, -0.2) is 4.79 Å². The number of carbonyl (C=O) groups is 2. The Kier molecular flexibility index (Phi) is 5.67. The van der Waals surface area contributed by atoms with Crippen molar-refractivity contribution in [3.05, 3.63) is 29.8 Å². The molecule has 1 heterocycles. The van der Waals surface area contributed by atoms with Gasteiger partial charge in [-0.1, -0.05) is 0 Å². The molecule has 1 aliphatic heterocycles. The first kappa shape index (κ1) is 15.9. The summed E-state index contributed by atoms with van der Waals surface area (Å²) in [4.78, 5) is 27.4. The first-order chi connectivity index (χ1) is 10.2. The third-order valence-corrected chi connectivity index (χ3v) is 4.40. The van der Waals surface area contributed by atoms with Crippen LogP contribution in [0, 0.1) is 0 Å². The van der Waals surface area contributed by atoms with Crippen molar-refractivity contribution in [2.75, 3.05) is 19.4 Å². The van der Waals surface area contributed by atoms with Gasteiger partial charge in [-0.05, 0) is 56.7 Å². The first-order valence-corrected chi connectivity index (χ1v) is 8.51. The van der Waals surface area contributed by atoms with Gasteiger partial charge in [0.05, 0.1) is 6.61 Å². The zero-order valence-corrected chi connectivity index (χ0v) is 13.3. The van der Waals surface area contributed by atoms with Crippen molar-refractivity contribution in [1.82, 2.24) is 4.90 Å². The van der Waals surface area contributed by atoms with Crippen molar-refractivity contribution in [1.29, 1.82) is 0 Å². The fourth-order valence-corrected chi connectivity index (χ4v) is 2.97. The number of hydrogen-bond acceptors (Lipinski definition) is 4. The second-order valence-corrected chi connectivity index (χ2v) is 5.87. The largest absolute Gasteiger partial charge is 0.464 e. The van der Waals surface area contributed by atoms with Gasteiger partial charge in [0.1, 0.15) is 6.04 Å². The molecule has 0 bridgehead atoms. The van der Waals surface area contributed by atoms with E-state index in [4.69, 9.17) is 4.74 Å². The second kappa shape index (κ2) is 7.50. The molecule has 1 amide bonds. The molecule has 0 aromatic heterocycles. The number of nitrogens with zero attached hydrogens (tertiary/aromatic N) is 1. The number of benzene rings is 1. The zero-order chi connectivity index (χ0) is 15.2. The highest BCUT2D eigenvalue weighted by molar-refractivity contribution is 7.98. The summed E-state index contributed by atoms with van der Waals surface area (Å²) < 4.78 is 5.10. The van der Waals surface area contributed by atoms with E-state index >= 15 is 0 Å². The maximum atomic E-state index is 12.6. The fraction of sp³-hybridized carbons (Fsp3) is 0.500. The van der Waals surface area contributed by atoms with E-state index < -0.39 is 6.04 Å². The topological polar surface area (TPSA) is 46.6 Å². The number of rotatable bonds is 4. The van der Waals surface area contributed by atoms with Gasteiger partial charge in [0.15, 0.2) is 0 Å². The summed E-state index contributed by atoms with van der Waals surface area (Å²) in [5.74, 6) is -0.369. The number of piperidine rings is 1. The molecule has 0 radical (unpaired) electrons. The van der Waals surface area contributed by atoms with Gasteiger partial charge in [0.2, 0.25) is 0 Å². The summed E-state index contributed by atoms with van der Waals surface area (Å²) in [6, 6.07) is 7.07. The normalized spacial score (nSPS) is 18.4. The van der Waals surface area contributed by atoms with Crippen LogP contribution in [0.2, 0.25) is 0 Å². The predicted molar refractivity (Wildman–Crippen MR) is 83.5 cm³/mol. The lowest BCUT2D eigenvalue weighted by molar-refractivity contribution is -0.149. The number of likely N-dealkylation sites (tertiary alicyclic amines) is 1. The first-order valence-electron chi connectivity index (χ1n) is 7.29. The third kappa shape index (κ3) is 3.79. The summed E-state index contributed by atoms with van der Waals surface area (Å²) in [6.45, 7) is 2.75. The Morgan fingerprint density at radius 1 is 1.29 bits per heavy atom. The van der Waals surface area contributed by atoms with E-state index in [9.17, 15) is 9.59 Å². The molecule has 1 aliphatic rings. The van der Waals surface area contributed by atoms with E-state index in [0.29, 0.717) is 25.1 Å².